The summed E-state index contributed by atoms with van der Waals surface area (Å²) in [4.78, 5) is 20.4. The van der Waals surface area contributed by atoms with Gasteiger partial charge < -0.3 is 4.74 Å². The molecule has 0 saturated heterocycles. The summed E-state index contributed by atoms with van der Waals surface area (Å²) >= 11 is 5.95. The van der Waals surface area contributed by atoms with E-state index in [1.165, 1.54) is 12.3 Å². The molecule has 1 N–H and O–H groups in total. The Labute approximate surface area is 152 Å². The second-order valence-electron chi connectivity index (χ2n) is 4.87. The molecule has 0 bridgehead atoms. The van der Waals surface area contributed by atoms with E-state index in [-0.39, 0.29) is 18.0 Å². The minimum Gasteiger partial charge on any atom is -0.489 e. The number of hydrazone groups is 1. The predicted octanol–water partition coefficient (Wildman–Crippen LogP) is 4.17. The van der Waals surface area contributed by atoms with Crippen LogP contribution in [0.15, 0.2) is 54.2 Å². The van der Waals surface area contributed by atoms with E-state index >= 15 is 0 Å². The van der Waals surface area contributed by atoms with Crippen LogP contribution in [0.1, 0.15) is 5.56 Å². The Morgan fingerprint density at radius 3 is 2.62 bits per heavy atom. The van der Waals surface area contributed by atoms with Gasteiger partial charge >= 0.3 is 5.69 Å². The number of hydrogen-bond acceptors (Lipinski definition) is 7. The summed E-state index contributed by atoms with van der Waals surface area (Å²) in [5.41, 5.74) is 2.19. The third-order valence-corrected chi connectivity index (χ3v) is 3.34. The van der Waals surface area contributed by atoms with Crippen molar-refractivity contribution in [2.45, 2.75) is 0 Å². The van der Waals surface area contributed by atoms with Crippen LogP contribution in [0.4, 0.5) is 17.1 Å². The number of nitro benzene ring substituents is 2. The maximum Gasteiger partial charge on any atom is 0.301 e. The zero-order valence-electron chi connectivity index (χ0n) is 13.3. The van der Waals surface area contributed by atoms with Crippen molar-refractivity contribution < 1.29 is 14.6 Å². The SMILES string of the molecule is C=CCOc1ccc(Cl)cc1/C=N/Nc1ccc([N+](=O)[O-])cc1[N+](=O)[O-]. The second-order valence-corrected chi connectivity index (χ2v) is 5.30. The average Bonchev–Trinajstić information content (AvgIpc) is 2.61. The fourth-order valence-corrected chi connectivity index (χ4v) is 2.13. The van der Waals surface area contributed by atoms with Crippen molar-refractivity contribution in [2.75, 3.05) is 12.0 Å². The highest BCUT2D eigenvalue weighted by Crippen LogP contribution is 2.29. The molecule has 9 nitrogen and oxygen atoms in total. The largest absolute Gasteiger partial charge is 0.489 e. The number of halogens is 1. The molecule has 134 valence electrons. The van der Waals surface area contributed by atoms with Crippen LogP contribution in [-0.2, 0) is 0 Å². The van der Waals surface area contributed by atoms with Crippen LogP contribution < -0.4 is 10.2 Å². The quantitative estimate of drug-likeness (QED) is 0.319. The van der Waals surface area contributed by atoms with Gasteiger partial charge in [0.1, 0.15) is 18.0 Å². The predicted molar refractivity (Wildman–Crippen MR) is 98.1 cm³/mol. The van der Waals surface area contributed by atoms with Crippen molar-refractivity contribution in [3.05, 3.63) is 79.9 Å². The van der Waals surface area contributed by atoms with Gasteiger partial charge in [-0.3, -0.25) is 25.7 Å². The number of ether oxygens (including phenoxy) is 1. The van der Waals surface area contributed by atoms with Crippen molar-refractivity contribution in [3.8, 4) is 5.75 Å². The summed E-state index contributed by atoms with van der Waals surface area (Å²) in [6.07, 6.45) is 2.95. The van der Waals surface area contributed by atoms with E-state index in [1.54, 1.807) is 24.3 Å². The van der Waals surface area contributed by atoms with E-state index in [4.69, 9.17) is 16.3 Å². The Kier molecular flexibility index (Phi) is 6.23. The second kappa shape index (κ2) is 8.58. The van der Waals surface area contributed by atoms with Gasteiger partial charge in [-0.15, -0.1) is 0 Å². The molecular formula is C16H13ClN4O5. The fourth-order valence-electron chi connectivity index (χ4n) is 1.95. The molecule has 2 rings (SSSR count). The van der Waals surface area contributed by atoms with E-state index < -0.39 is 15.5 Å². The zero-order valence-corrected chi connectivity index (χ0v) is 14.0. The Hall–Kier alpha value is -3.46. The molecule has 0 fully saturated rings. The van der Waals surface area contributed by atoms with Gasteiger partial charge in [0.25, 0.3) is 5.69 Å². The molecule has 0 aliphatic carbocycles. The summed E-state index contributed by atoms with van der Waals surface area (Å²) in [6, 6.07) is 8.11. The third kappa shape index (κ3) is 4.77. The minimum atomic E-state index is -0.733. The third-order valence-electron chi connectivity index (χ3n) is 3.11. The molecule has 0 amide bonds. The molecule has 0 unspecified atom stereocenters. The number of nitrogens with zero attached hydrogens (tertiary/aromatic N) is 3. The van der Waals surface area contributed by atoms with Gasteiger partial charge in [0.2, 0.25) is 0 Å². The number of rotatable bonds is 8. The van der Waals surface area contributed by atoms with E-state index in [0.717, 1.165) is 12.1 Å². The lowest BCUT2D eigenvalue weighted by Crippen LogP contribution is -2.00. The van der Waals surface area contributed by atoms with Crippen LogP contribution in [0, 0.1) is 20.2 Å². The van der Waals surface area contributed by atoms with Crippen LogP contribution in [-0.4, -0.2) is 22.7 Å². The van der Waals surface area contributed by atoms with Crippen molar-refractivity contribution in [2.24, 2.45) is 5.10 Å². The summed E-state index contributed by atoms with van der Waals surface area (Å²) in [5, 5.41) is 26.2. The summed E-state index contributed by atoms with van der Waals surface area (Å²) in [6.45, 7) is 3.84. The maximum absolute atomic E-state index is 11.1. The maximum atomic E-state index is 11.1. The zero-order chi connectivity index (χ0) is 19.1. The number of anilines is 1. The summed E-state index contributed by atoms with van der Waals surface area (Å²) in [5.74, 6) is 0.498. The molecule has 2 aromatic rings. The molecule has 0 radical (unpaired) electrons. The Morgan fingerprint density at radius 2 is 1.96 bits per heavy atom. The molecule has 0 aliphatic heterocycles. The van der Waals surface area contributed by atoms with E-state index in [9.17, 15) is 20.2 Å². The lowest BCUT2D eigenvalue weighted by molar-refractivity contribution is -0.393. The molecule has 0 spiro atoms. The van der Waals surface area contributed by atoms with Crippen LogP contribution in [0.3, 0.4) is 0 Å². The molecule has 2 aromatic carbocycles. The first-order chi connectivity index (χ1) is 12.4. The van der Waals surface area contributed by atoms with Gasteiger partial charge in [0.15, 0.2) is 0 Å². The van der Waals surface area contributed by atoms with Crippen molar-refractivity contribution in [1.82, 2.24) is 0 Å². The molecule has 0 aliphatic rings. The number of non-ortho nitro benzene ring substituents is 1. The lowest BCUT2D eigenvalue weighted by atomic mass is 10.2. The number of benzene rings is 2. The summed E-state index contributed by atoms with van der Waals surface area (Å²) < 4.78 is 5.47. The Morgan fingerprint density at radius 1 is 1.19 bits per heavy atom. The number of nitro groups is 2. The smallest absolute Gasteiger partial charge is 0.301 e. The molecule has 0 saturated carbocycles. The van der Waals surface area contributed by atoms with Crippen LogP contribution >= 0.6 is 11.6 Å². The van der Waals surface area contributed by atoms with E-state index in [2.05, 4.69) is 17.1 Å². The first-order valence-electron chi connectivity index (χ1n) is 7.17. The first-order valence-corrected chi connectivity index (χ1v) is 7.55. The van der Waals surface area contributed by atoms with Gasteiger partial charge in [0, 0.05) is 16.7 Å². The highest BCUT2D eigenvalue weighted by Gasteiger charge is 2.19. The molecule has 10 heteroatoms. The molecule has 0 atom stereocenters. The van der Waals surface area contributed by atoms with Gasteiger partial charge in [-0.25, -0.2) is 0 Å². The molecule has 26 heavy (non-hydrogen) atoms. The normalized spacial score (nSPS) is 10.5. The summed E-state index contributed by atoms with van der Waals surface area (Å²) in [7, 11) is 0. The minimum absolute atomic E-state index is 0.00689. The van der Waals surface area contributed by atoms with Crippen molar-refractivity contribution in [3.63, 3.8) is 0 Å². The van der Waals surface area contributed by atoms with E-state index in [0.29, 0.717) is 16.3 Å². The van der Waals surface area contributed by atoms with E-state index in [1.807, 2.05) is 0 Å². The van der Waals surface area contributed by atoms with Gasteiger partial charge in [-0.2, -0.15) is 5.10 Å². The average molecular weight is 377 g/mol. The highest BCUT2D eigenvalue weighted by molar-refractivity contribution is 6.30. The molecule has 0 heterocycles. The van der Waals surface area contributed by atoms with Crippen LogP contribution in [0.25, 0.3) is 0 Å². The topological polar surface area (TPSA) is 120 Å². The Bertz CT molecular complexity index is 885. The van der Waals surface area contributed by atoms with Gasteiger partial charge in [0.05, 0.1) is 22.1 Å². The number of hydrogen-bond donors (Lipinski definition) is 1. The molecular weight excluding hydrogens is 364 g/mol. The van der Waals surface area contributed by atoms with Crippen molar-refractivity contribution in [1.29, 1.82) is 0 Å². The lowest BCUT2D eigenvalue weighted by Gasteiger charge is -2.07. The number of nitrogens with one attached hydrogen (secondary N) is 1. The first kappa shape index (κ1) is 18.9. The van der Waals surface area contributed by atoms with Crippen molar-refractivity contribution >= 4 is 34.9 Å². The highest BCUT2D eigenvalue weighted by atomic mass is 35.5. The Balaban J connectivity index is 2.25. The van der Waals surface area contributed by atoms with Gasteiger partial charge in [-0.1, -0.05) is 24.3 Å². The fraction of sp³-hybridized carbons (Fsp3) is 0.0625. The standard InChI is InChI=1S/C16H13ClN4O5/c1-2-7-26-16-6-3-12(17)8-11(16)10-18-19-14-5-4-13(20(22)23)9-15(14)21(24)25/h2-6,8-10,19H,1,7H2/b18-10+. The van der Waals surface area contributed by atoms with Crippen LogP contribution in [0.5, 0.6) is 5.75 Å². The monoisotopic (exact) mass is 376 g/mol. The molecule has 0 aromatic heterocycles. The van der Waals surface area contributed by atoms with Crippen LogP contribution in [0.2, 0.25) is 5.02 Å². The van der Waals surface area contributed by atoms with Gasteiger partial charge in [-0.05, 0) is 24.3 Å².